The van der Waals surface area contributed by atoms with Gasteiger partial charge in [-0.3, -0.25) is 0 Å². The van der Waals surface area contributed by atoms with Crippen molar-refractivity contribution in [2.45, 2.75) is 11.4 Å². The number of fused-ring (bicyclic) bond motifs is 1. The molecule has 9 heteroatoms. The topological polar surface area (TPSA) is 138 Å². The summed E-state index contributed by atoms with van der Waals surface area (Å²) < 4.78 is 22.8. The zero-order chi connectivity index (χ0) is 22.7. The molecule has 4 aromatic rings. The quantitative estimate of drug-likeness (QED) is 0.320. The van der Waals surface area contributed by atoms with E-state index in [1.54, 1.807) is 60.9 Å². The Morgan fingerprint density at radius 3 is 2.47 bits per heavy atom. The number of rotatable bonds is 7. The van der Waals surface area contributed by atoms with Crippen molar-refractivity contribution < 1.29 is 18.3 Å². The number of aromatic amines is 1. The van der Waals surface area contributed by atoms with E-state index in [4.69, 9.17) is 5.14 Å². The molecule has 0 aliphatic carbocycles. The van der Waals surface area contributed by atoms with Gasteiger partial charge < -0.3 is 15.4 Å². The van der Waals surface area contributed by atoms with Crippen LogP contribution >= 0.6 is 0 Å². The van der Waals surface area contributed by atoms with Gasteiger partial charge in [0, 0.05) is 35.6 Å². The molecule has 2 heterocycles. The number of hydrogen-bond donors (Lipinski definition) is 4. The first-order valence-electron chi connectivity index (χ1n) is 9.65. The highest BCUT2D eigenvalue weighted by molar-refractivity contribution is 7.89. The molecule has 162 valence electrons. The number of hydrogen-bond acceptors (Lipinski definition) is 5. The monoisotopic (exact) mass is 448 g/mol. The molecule has 5 N–H and O–H groups in total. The third kappa shape index (κ3) is 4.53. The number of aliphatic carboxylic acids is 1. The van der Waals surface area contributed by atoms with E-state index in [1.807, 2.05) is 6.07 Å². The van der Waals surface area contributed by atoms with E-state index in [2.05, 4.69) is 15.3 Å². The van der Waals surface area contributed by atoms with Gasteiger partial charge in [0.05, 0.1) is 10.5 Å². The van der Waals surface area contributed by atoms with Crippen molar-refractivity contribution >= 4 is 44.4 Å². The van der Waals surface area contributed by atoms with Gasteiger partial charge in [0.2, 0.25) is 10.0 Å². The Labute approximate surface area is 184 Å². The predicted octanol–water partition coefficient (Wildman–Crippen LogP) is 3.45. The summed E-state index contributed by atoms with van der Waals surface area (Å²) in [5.74, 6) is -1.03. The maximum Gasteiger partial charge on any atom is 0.336 e. The number of sulfonamides is 1. The Hall–Kier alpha value is -3.95. The van der Waals surface area contributed by atoms with Crippen molar-refractivity contribution in [1.29, 1.82) is 0 Å². The van der Waals surface area contributed by atoms with Crippen LogP contribution in [0.15, 0.2) is 78.0 Å². The Morgan fingerprint density at radius 1 is 1.09 bits per heavy atom. The second kappa shape index (κ2) is 8.66. The molecular formula is C23H20N4O4S. The maximum absolute atomic E-state index is 11.9. The summed E-state index contributed by atoms with van der Waals surface area (Å²) in [4.78, 5) is 19.3. The second-order valence-electron chi connectivity index (χ2n) is 7.10. The molecule has 0 unspecified atom stereocenters. The van der Waals surface area contributed by atoms with Crippen molar-refractivity contribution in [2.75, 3.05) is 5.32 Å². The lowest BCUT2D eigenvalue weighted by Crippen LogP contribution is -2.12. The van der Waals surface area contributed by atoms with Gasteiger partial charge in [0.25, 0.3) is 0 Å². The normalized spacial score (nSPS) is 12.1. The first kappa shape index (κ1) is 21.3. The van der Waals surface area contributed by atoms with E-state index in [0.717, 1.165) is 16.6 Å². The minimum atomic E-state index is -3.74. The first-order valence-corrected chi connectivity index (χ1v) is 11.2. The van der Waals surface area contributed by atoms with Crippen molar-refractivity contribution in [1.82, 2.24) is 9.97 Å². The number of nitrogens with one attached hydrogen (secondary N) is 2. The number of pyridine rings is 1. The van der Waals surface area contributed by atoms with Crippen LogP contribution in [0.25, 0.3) is 22.7 Å². The molecule has 0 amide bonds. The third-order valence-electron chi connectivity index (χ3n) is 4.95. The molecule has 0 fully saturated rings. The fourth-order valence-corrected chi connectivity index (χ4v) is 3.89. The van der Waals surface area contributed by atoms with E-state index in [0.29, 0.717) is 23.3 Å². The fourth-order valence-electron chi connectivity index (χ4n) is 3.38. The van der Waals surface area contributed by atoms with Crippen LogP contribution in [0.2, 0.25) is 0 Å². The Kier molecular flexibility index (Phi) is 5.76. The summed E-state index contributed by atoms with van der Waals surface area (Å²) in [5, 5.41) is 18.9. The molecule has 8 nitrogen and oxygen atoms in total. The molecule has 4 rings (SSSR count). The summed E-state index contributed by atoms with van der Waals surface area (Å²) in [6.45, 7) is 0.419. The van der Waals surface area contributed by atoms with Crippen LogP contribution in [0.4, 0.5) is 5.69 Å². The van der Waals surface area contributed by atoms with E-state index < -0.39 is 16.0 Å². The van der Waals surface area contributed by atoms with Crippen LogP contribution in [-0.4, -0.2) is 29.5 Å². The molecule has 0 atom stereocenters. The van der Waals surface area contributed by atoms with Gasteiger partial charge in [-0.1, -0.05) is 42.5 Å². The van der Waals surface area contributed by atoms with Crippen LogP contribution in [0.3, 0.4) is 0 Å². The maximum atomic E-state index is 11.9. The largest absolute Gasteiger partial charge is 0.478 e. The smallest absolute Gasteiger partial charge is 0.336 e. The van der Waals surface area contributed by atoms with Crippen molar-refractivity contribution in [3.63, 3.8) is 0 Å². The molecule has 0 spiro atoms. The number of benzene rings is 2. The number of carbonyl (C=O) groups is 1. The summed E-state index contributed by atoms with van der Waals surface area (Å²) in [7, 11) is -3.74. The molecule has 2 aromatic heterocycles. The lowest BCUT2D eigenvalue weighted by Gasteiger charge is -2.09. The van der Waals surface area contributed by atoms with Crippen molar-refractivity contribution in [3.05, 3.63) is 89.7 Å². The number of primary sulfonamides is 1. The van der Waals surface area contributed by atoms with E-state index in [1.165, 1.54) is 12.1 Å². The van der Waals surface area contributed by atoms with Crippen molar-refractivity contribution in [2.24, 2.45) is 5.14 Å². The van der Waals surface area contributed by atoms with Crippen LogP contribution in [0.5, 0.6) is 0 Å². The molecular weight excluding hydrogens is 428 g/mol. The zero-order valence-electron chi connectivity index (χ0n) is 16.8. The second-order valence-corrected chi connectivity index (χ2v) is 8.66. The number of aromatic nitrogens is 2. The highest BCUT2D eigenvalue weighted by Gasteiger charge is 2.14. The lowest BCUT2D eigenvalue weighted by molar-refractivity contribution is -0.130. The summed E-state index contributed by atoms with van der Waals surface area (Å²) in [5.41, 5.74) is 3.67. The average molecular weight is 449 g/mol. The van der Waals surface area contributed by atoms with Crippen LogP contribution in [0, 0.1) is 0 Å². The van der Waals surface area contributed by atoms with E-state index in [-0.39, 0.29) is 10.5 Å². The molecule has 0 radical (unpaired) electrons. The standard InChI is InChI=1S/C23H20N4O4S/c24-32(30,31)18-8-6-15(7-9-18)13-26-20-10-11-25-22-21(20)17(14-27-22)12-19(23(28)29)16-4-2-1-3-5-16/h1-12,14H,13H2,(H,28,29)(H2,24,30,31)(H2,25,26,27)/b19-12+. The number of nitrogens with zero attached hydrogens (tertiary/aromatic N) is 1. The predicted molar refractivity (Wildman–Crippen MR) is 123 cm³/mol. The number of nitrogens with two attached hydrogens (primary N) is 1. The van der Waals surface area contributed by atoms with Gasteiger partial charge in [0.15, 0.2) is 0 Å². The van der Waals surface area contributed by atoms with Crippen LogP contribution in [-0.2, 0) is 21.4 Å². The molecule has 0 saturated heterocycles. The van der Waals surface area contributed by atoms with Gasteiger partial charge in [-0.25, -0.2) is 23.3 Å². The number of carboxylic acid groups (broad SMARTS) is 1. The van der Waals surface area contributed by atoms with E-state index >= 15 is 0 Å². The summed E-state index contributed by atoms with van der Waals surface area (Å²) in [6.07, 6.45) is 4.98. The fraction of sp³-hybridized carbons (Fsp3) is 0.0435. The molecule has 32 heavy (non-hydrogen) atoms. The SMILES string of the molecule is NS(=O)(=O)c1ccc(CNc2ccnc3[nH]cc(/C=C(/C(=O)O)c4ccccc4)c23)cc1. The average Bonchev–Trinajstić information content (AvgIpc) is 3.19. The Morgan fingerprint density at radius 2 is 1.81 bits per heavy atom. The van der Waals surface area contributed by atoms with Gasteiger partial charge in [-0.05, 0) is 35.4 Å². The third-order valence-corrected chi connectivity index (χ3v) is 5.88. The molecule has 0 bridgehead atoms. The van der Waals surface area contributed by atoms with Gasteiger partial charge in [0.1, 0.15) is 5.65 Å². The number of anilines is 1. The highest BCUT2D eigenvalue weighted by Crippen LogP contribution is 2.29. The molecule has 0 aliphatic rings. The van der Waals surface area contributed by atoms with Gasteiger partial charge in [-0.2, -0.15) is 0 Å². The van der Waals surface area contributed by atoms with E-state index in [9.17, 15) is 18.3 Å². The molecule has 2 aromatic carbocycles. The Bertz CT molecular complexity index is 1410. The lowest BCUT2D eigenvalue weighted by atomic mass is 10.0. The van der Waals surface area contributed by atoms with Gasteiger partial charge >= 0.3 is 5.97 Å². The zero-order valence-corrected chi connectivity index (χ0v) is 17.6. The Balaban J connectivity index is 1.67. The molecule has 0 aliphatic heterocycles. The summed E-state index contributed by atoms with van der Waals surface area (Å²) >= 11 is 0. The first-order chi connectivity index (χ1) is 15.3. The van der Waals surface area contributed by atoms with Gasteiger partial charge in [-0.15, -0.1) is 0 Å². The summed E-state index contributed by atoms with van der Waals surface area (Å²) in [6, 6.07) is 17.0. The van der Waals surface area contributed by atoms with Crippen LogP contribution < -0.4 is 10.5 Å². The minimum Gasteiger partial charge on any atom is -0.478 e. The highest BCUT2D eigenvalue weighted by atomic mass is 32.2. The molecule has 0 saturated carbocycles. The minimum absolute atomic E-state index is 0.0488. The van der Waals surface area contributed by atoms with Crippen molar-refractivity contribution in [3.8, 4) is 0 Å². The van der Waals surface area contributed by atoms with Crippen LogP contribution in [0.1, 0.15) is 16.7 Å². The number of H-pyrrole nitrogens is 1. The number of carboxylic acids is 1.